The summed E-state index contributed by atoms with van der Waals surface area (Å²) in [7, 11) is 3.09. The average molecular weight is 202 g/mol. The van der Waals surface area contributed by atoms with E-state index in [4.69, 9.17) is 4.74 Å². The largest absolute Gasteiger partial charge is 0.385 e. The lowest BCUT2D eigenvalue weighted by Gasteiger charge is -2.09. The molecule has 0 aliphatic rings. The minimum Gasteiger partial charge on any atom is -0.385 e. The van der Waals surface area contributed by atoms with Crippen molar-refractivity contribution in [2.24, 2.45) is 0 Å². The Morgan fingerprint density at radius 2 is 1.71 bits per heavy atom. The highest BCUT2D eigenvalue weighted by molar-refractivity contribution is 5.77. The maximum Gasteiger partial charge on any atom is 0.246 e. The quantitative estimate of drug-likeness (QED) is 0.521. The van der Waals surface area contributed by atoms with Crippen molar-refractivity contribution in [2.75, 3.05) is 40.5 Å². The highest BCUT2D eigenvalue weighted by Crippen LogP contribution is 1.82. The Bertz CT molecular complexity index is 163. The van der Waals surface area contributed by atoms with Crippen LogP contribution in [0.25, 0.3) is 0 Å². The van der Waals surface area contributed by atoms with Gasteiger partial charge in [0.05, 0.1) is 6.61 Å². The molecule has 0 aromatic carbocycles. The zero-order valence-electron chi connectivity index (χ0n) is 8.76. The predicted octanol–water partition coefficient (Wildman–Crippen LogP) is -0.501. The smallest absolute Gasteiger partial charge is 0.246 e. The van der Waals surface area contributed by atoms with Crippen LogP contribution in [0.1, 0.15) is 0 Å². The highest BCUT2D eigenvalue weighted by Gasteiger charge is 1.97. The molecule has 0 fully saturated rings. The van der Waals surface area contributed by atoms with Gasteiger partial charge in [0, 0.05) is 33.0 Å². The molecule has 0 atom stereocenters. The number of methoxy groups -OCH3 is 2. The van der Waals surface area contributed by atoms with Gasteiger partial charge in [0.25, 0.3) is 0 Å². The molecule has 0 saturated heterocycles. The molecular formula is C9H18N2O3. The van der Waals surface area contributed by atoms with Crippen molar-refractivity contribution in [2.45, 2.75) is 0 Å². The first-order chi connectivity index (χ1) is 6.70. The Morgan fingerprint density at radius 1 is 1.14 bits per heavy atom. The molecule has 0 rings (SSSR count). The Kier molecular flexibility index (Phi) is 7.87. The SMILES string of the molecule is C=C(COC)NCCNC(=O)COC. The molecule has 0 saturated carbocycles. The summed E-state index contributed by atoms with van der Waals surface area (Å²) in [6.07, 6.45) is 0. The molecule has 5 heteroatoms. The summed E-state index contributed by atoms with van der Waals surface area (Å²) in [5, 5.41) is 5.68. The molecule has 0 aliphatic heterocycles. The second-order valence-electron chi connectivity index (χ2n) is 2.75. The number of carbonyl (C=O) groups is 1. The normalized spacial score (nSPS) is 9.57. The van der Waals surface area contributed by atoms with Crippen LogP contribution in [0.2, 0.25) is 0 Å². The summed E-state index contributed by atoms with van der Waals surface area (Å²) in [4.78, 5) is 10.9. The lowest BCUT2D eigenvalue weighted by Crippen LogP contribution is -2.34. The fourth-order valence-corrected chi connectivity index (χ4v) is 0.849. The van der Waals surface area contributed by atoms with E-state index in [1.54, 1.807) is 7.11 Å². The molecule has 5 nitrogen and oxygen atoms in total. The van der Waals surface area contributed by atoms with Gasteiger partial charge in [-0.2, -0.15) is 0 Å². The molecular weight excluding hydrogens is 184 g/mol. The van der Waals surface area contributed by atoms with E-state index in [0.717, 1.165) is 5.70 Å². The third-order valence-electron chi connectivity index (χ3n) is 1.42. The minimum atomic E-state index is -0.119. The number of rotatable bonds is 8. The van der Waals surface area contributed by atoms with E-state index < -0.39 is 0 Å². The van der Waals surface area contributed by atoms with Crippen LogP contribution in [0, 0.1) is 0 Å². The van der Waals surface area contributed by atoms with Crippen LogP contribution in [0.4, 0.5) is 0 Å². The van der Waals surface area contributed by atoms with E-state index in [2.05, 4.69) is 21.9 Å². The number of carbonyl (C=O) groups excluding carboxylic acids is 1. The van der Waals surface area contributed by atoms with Crippen LogP contribution in [0.5, 0.6) is 0 Å². The van der Waals surface area contributed by atoms with Gasteiger partial charge in [0.2, 0.25) is 5.91 Å². The summed E-state index contributed by atoms with van der Waals surface area (Å²) in [5.41, 5.74) is 0.800. The molecule has 0 heterocycles. The fourth-order valence-electron chi connectivity index (χ4n) is 0.849. The standard InChI is InChI=1S/C9H18N2O3/c1-8(6-13-2)10-4-5-11-9(12)7-14-3/h10H,1,4-7H2,2-3H3,(H,11,12). The summed E-state index contributed by atoms with van der Waals surface area (Å²) in [6, 6.07) is 0. The maximum absolute atomic E-state index is 10.9. The Morgan fingerprint density at radius 3 is 2.29 bits per heavy atom. The Balaban J connectivity index is 3.28. The van der Waals surface area contributed by atoms with Crippen LogP contribution in [0.15, 0.2) is 12.3 Å². The monoisotopic (exact) mass is 202 g/mol. The molecule has 82 valence electrons. The number of hydrogen-bond donors (Lipinski definition) is 2. The molecule has 0 aliphatic carbocycles. The molecule has 0 unspecified atom stereocenters. The van der Waals surface area contributed by atoms with Crippen LogP contribution in [-0.2, 0) is 14.3 Å². The lowest BCUT2D eigenvalue weighted by atomic mass is 10.5. The lowest BCUT2D eigenvalue weighted by molar-refractivity contribution is -0.124. The van der Waals surface area contributed by atoms with Crippen LogP contribution in [-0.4, -0.2) is 46.4 Å². The number of hydrogen-bond acceptors (Lipinski definition) is 4. The van der Waals surface area contributed by atoms with E-state index in [-0.39, 0.29) is 12.5 Å². The third-order valence-corrected chi connectivity index (χ3v) is 1.42. The first-order valence-corrected chi connectivity index (χ1v) is 4.37. The Hall–Kier alpha value is -1.07. The zero-order valence-corrected chi connectivity index (χ0v) is 8.76. The van der Waals surface area contributed by atoms with Crippen molar-refractivity contribution in [1.82, 2.24) is 10.6 Å². The molecule has 14 heavy (non-hydrogen) atoms. The van der Waals surface area contributed by atoms with Crippen molar-refractivity contribution in [3.05, 3.63) is 12.3 Å². The highest BCUT2D eigenvalue weighted by atomic mass is 16.5. The molecule has 2 N–H and O–H groups in total. The van der Waals surface area contributed by atoms with Gasteiger partial charge in [0.15, 0.2) is 0 Å². The zero-order chi connectivity index (χ0) is 10.8. The van der Waals surface area contributed by atoms with Crippen LogP contribution < -0.4 is 10.6 Å². The maximum atomic E-state index is 10.9. The third kappa shape index (κ3) is 7.57. The van der Waals surface area contributed by atoms with E-state index in [1.807, 2.05) is 0 Å². The number of nitrogens with one attached hydrogen (secondary N) is 2. The van der Waals surface area contributed by atoms with Gasteiger partial charge in [-0.25, -0.2) is 0 Å². The van der Waals surface area contributed by atoms with Gasteiger partial charge in [-0.05, 0) is 0 Å². The van der Waals surface area contributed by atoms with Gasteiger partial charge in [0.1, 0.15) is 6.61 Å². The van der Waals surface area contributed by atoms with Crippen molar-refractivity contribution in [1.29, 1.82) is 0 Å². The van der Waals surface area contributed by atoms with Gasteiger partial charge < -0.3 is 20.1 Å². The van der Waals surface area contributed by atoms with Crippen molar-refractivity contribution in [3.8, 4) is 0 Å². The molecule has 1 amide bonds. The topological polar surface area (TPSA) is 59.6 Å². The summed E-state index contributed by atoms with van der Waals surface area (Å²) in [6.45, 7) is 5.48. The van der Waals surface area contributed by atoms with E-state index in [9.17, 15) is 4.79 Å². The molecule has 0 bridgehead atoms. The molecule has 0 aromatic heterocycles. The Labute approximate surface area is 84.5 Å². The van der Waals surface area contributed by atoms with E-state index >= 15 is 0 Å². The van der Waals surface area contributed by atoms with Gasteiger partial charge in [-0.1, -0.05) is 6.58 Å². The van der Waals surface area contributed by atoms with E-state index in [1.165, 1.54) is 7.11 Å². The van der Waals surface area contributed by atoms with Gasteiger partial charge in [-0.15, -0.1) is 0 Å². The average Bonchev–Trinajstić information content (AvgIpc) is 2.13. The van der Waals surface area contributed by atoms with E-state index in [0.29, 0.717) is 19.7 Å². The van der Waals surface area contributed by atoms with Crippen LogP contribution >= 0.6 is 0 Å². The molecule has 0 radical (unpaired) electrons. The summed E-state index contributed by atoms with van der Waals surface area (Å²) >= 11 is 0. The number of amides is 1. The number of ether oxygens (including phenoxy) is 2. The van der Waals surface area contributed by atoms with Gasteiger partial charge in [-0.3, -0.25) is 4.79 Å². The molecule has 0 spiro atoms. The minimum absolute atomic E-state index is 0.0962. The van der Waals surface area contributed by atoms with Crippen LogP contribution in [0.3, 0.4) is 0 Å². The second-order valence-corrected chi connectivity index (χ2v) is 2.75. The van der Waals surface area contributed by atoms with Crippen molar-refractivity contribution >= 4 is 5.91 Å². The first-order valence-electron chi connectivity index (χ1n) is 4.37. The summed E-state index contributed by atoms with van der Waals surface area (Å²) in [5.74, 6) is -0.119. The predicted molar refractivity (Wildman–Crippen MR) is 53.9 cm³/mol. The first kappa shape index (κ1) is 12.9. The fraction of sp³-hybridized carbons (Fsp3) is 0.667. The summed E-state index contributed by atoms with van der Waals surface area (Å²) < 4.78 is 9.50. The second kappa shape index (κ2) is 8.52. The van der Waals surface area contributed by atoms with Crippen molar-refractivity contribution in [3.63, 3.8) is 0 Å². The van der Waals surface area contributed by atoms with Gasteiger partial charge >= 0.3 is 0 Å². The van der Waals surface area contributed by atoms with Crippen molar-refractivity contribution < 1.29 is 14.3 Å². The molecule has 0 aromatic rings.